The number of nitrogens with zero attached hydrogens (tertiary/aromatic N) is 4. The number of carbonyl (C=O) groups is 1. The Balaban J connectivity index is 0.000000204. The van der Waals surface area contributed by atoms with E-state index in [1.165, 1.54) is 18.4 Å². The summed E-state index contributed by atoms with van der Waals surface area (Å²) in [5.74, 6) is 1.90. The van der Waals surface area contributed by atoms with Gasteiger partial charge in [-0.25, -0.2) is 9.97 Å². The molecule has 0 aliphatic rings. The van der Waals surface area contributed by atoms with E-state index in [1.807, 2.05) is 90.4 Å². The molecule has 0 saturated carbocycles. The lowest BCUT2D eigenvalue weighted by atomic mass is 10.1. The SMILES string of the molecule is CCCCc1ccc(OCCN(c2ccccc2)c2ccccn2)cc1.O=C(O)CCCc1ccc(OCCN(c2ccccc2)c2nccs2)cc1. The molecule has 0 bridgehead atoms. The molecule has 0 spiro atoms. The van der Waals surface area contributed by atoms with E-state index in [9.17, 15) is 4.79 Å². The molecule has 0 radical (unpaired) electrons. The summed E-state index contributed by atoms with van der Waals surface area (Å²) in [4.78, 5) is 23.8. The highest BCUT2D eigenvalue weighted by molar-refractivity contribution is 7.13. The molecule has 0 aliphatic carbocycles. The van der Waals surface area contributed by atoms with E-state index in [4.69, 9.17) is 14.6 Å². The number of benzene rings is 4. The predicted octanol–water partition coefficient (Wildman–Crippen LogP) is 10.4. The topological polar surface area (TPSA) is 88.0 Å². The minimum atomic E-state index is -0.752. The molecular formula is C44H48N4O4S. The van der Waals surface area contributed by atoms with Gasteiger partial charge in [0, 0.05) is 35.6 Å². The number of thiazole rings is 1. The van der Waals surface area contributed by atoms with Crippen LogP contribution in [0, 0.1) is 0 Å². The van der Waals surface area contributed by atoms with Crippen LogP contribution in [0.25, 0.3) is 0 Å². The Hall–Kier alpha value is -5.67. The van der Waals surface area contributed by atoms with Crippen LogP contribution in [0.15, 0.2) is 145 Å². The number of hydrogen-bond acceptors (Lipinski definition) is 8. The van der Waals surface area contributed by atoms with Gasteiger partial charge in [-0.3, -0.25) is 4.79 Å². The smallest absolute Gasteiger partial charge is 0.303 e. The number of hydrogen-bond donors (Lipinski definition) is 1. The average Bonchev–Trinajstić information content (AvgIpc) is 3.74. The number of aliphatic carboxylic acids is 1. The van der Waals surface area contributed by atoms with Crippen LogP contribution in [-0.2, 0) is 17.6 Å². The molecule has 9 heteroatoms. The summed E-state index contributed by atoms with van der Waals surface area (Å²) in [5.41, 5.74) is 4.70. The van der Waals surface area contributed by atoms with Crippen molar-refractivity contribution in [1.29, 1.82) is 0 Å². The summed E-state index contributed by atoms with van der Waals surface area (Å²) in [6.07, 6.45) is 8.83. The molecule has 1 N–H and O–H groups in total. The minimum Gasteiger partial charge on any atom is -0.492 e. The number of aryl methyl sites for hydroxylation is 2. The maximum atomic E-state index is 10.6. The highest BCUT2D eigenvalue weighted by atomic mass is 32.1. The Morgan fingerprint density at radius 3 is 1.70 bits per heavy atom. The van der Waals surface area contributed by atoms with Crippen molar-refractivity contribution < 1.29 is 19.4 Å². The van der Waals surface area contributed by atoms with Crippen molar-refractivity contribution >= 4 is 39.6 Å². The summed E-state index contributed by atoms with van der Waals surface area (Å²) < 4.78 is 11.9. The number of anilines is 4. The first kappa shape index (κ1) is 38.6. The number of rotatable bonds is 19. The van der Waals surface area contributed by atoms with Crippen molar-refractivity contribution in [2.75, 3.05) is 36.1 Å². The van der Waals surface area contributed by atoms with Crippen molar-refractivity contribution in [3.8, 4) is 11.5 Å². The normalized spacial score (nSPS) is 10.5. The van der Waals surface area contributed by atoms with Crippen LogP contribution in [0.1, 0.15) is 43.7 Å². The monoisotopic (exact) mass is 728 g/mol. The Labute approximate surface area is 317 Å². The molecule has 0 aliphatic heterocycles. The lowest BCUT2D eigenvalue weighted by molar-refractivity contribution is -0.137. The van der Waals surface area contributed by atoms with Crippen LogP contribution in [0.2, 0.25) is 0 Å². The number of ether oxygens (including phenoxy) is 2. The van der Waals surface area contributed by atoms with Crippen LogP contribution < -0.4 is 19.3 Å². The first-order chi connectivity index (χ1) is 26.1. The number of aromatic nitrogens is 2. The van der Waals surface area contributed by atoms with E-state index >= 15 is 0 Å². The van der Waals surface area contributed by atoms with Crippen LogP contribution in [0.4, 0.5) is 22.3 Å². The van der Waals surface area contributed by atoms with Gasteiger partial charge in [-0.05, 0) is 97.5 Å². The molecule has 6 rings (SSSR count). The zero-order valence-corrected chi connectivity index (χ0v) is 31.1. The fourth-order valence-electron chi connectivity index (χ4n) is 5.63. The molecule has 2 heterocycles. The fourth-order valence-corrected chi connectivity index (χ4v) is 6.32. The Bertz CT molecular complexity index is 1820. The molecule has 0 saturated heterocycles. The van der Waals surface area contributed by atoms with Crippen LogP contribution >= 0.6 is 11.3 Å². The van der Waals surface area contributed by atoms with Crippen LogP contribution in [0.5, 0.6) is 11.5 Å². The van der Waals surface area contributed by atoms with Crippen LogP contribution in [-0.4, -0.2) is 47.3 Å². The lowest BCUT2D eigenvalue weighted by Crippen LogP contribution is -2.24. The average molecular weight is 729 g/mol. The largest absolute Gasteiger partial charge is 0.492 e. The van der Waals surface area contributed by atoms with E-state index in [2.05, 4.69) is 75.2 Å². The Kier molecular flexibility index (Phi) is 15.7. The lowest BCUT2D eigenvalue weighted by Gasteiger charge is -2.23. The van der Waals surface area contributed by atoms with E-state index in [0.29, 0.717) is 26.2 Å². The second kappa shape index (κ2) is 21.6. The summed E-state index contributed by atoms with van der Waals surface area (Å²) >= 11 is 1.60. The van der Waals surface area contributed by atoms with Crippen molar-refractivity contribution in [3.63, 3.8) is 0 Å². The van der Waals surface area contributed by atoms with Crippen molar-refractivity contribution in [3.05, 3.63) is 156 Å². The molecule has 4 aromatic carbocycles. The molecule has 6 aromatic rings. The van der Waals surface area contributed by atoms with E-state index in [0.717, 1.165) is 58.8 Å². The first-order valence-corrected chi connectivity index (χ1v) is 19.1. The quantitative estimate of drug-likeness (QED) is 0.0882. The molecule has 274 valence electrons. The third-order valence-electron chi connectivity index (χ3n) is 8.40. The third kappa shape index (κ3) is 13.1. The van der Waals surface area contributed by atoms with Gasteiger partial charge in [-0.2, -0.15) is 0 Å². The van der Waals surface area contributed by atoms with Gasteiger partial charge in [-0.15, -0.1) is 11.3 Å². The maximum Gasteiger partial charge on any atom is 0.303 e. The van der Waals surface area contributed by atoms with Gasteiger partial charge in [0.05, 0.1) is 13.1 Å². The van der Waals surface area contributed by atoms with Gasteiger partial charge in [0.25, 0.3) is 0 Å². The summed E-state index contributed by atoms with van der Waals surface area (Å²) in [5, 5.41) is 11.6. The van der Waals surface area contributed by atoms with Crippen molar-refractivity contribution in [2.24, 2.45) is 0 Å². The highest BCUT2D eigenvalue weighted by Gasteiger charge is 2.12. The predicted molar refractivity (Wildman–Crippen MR) is 216 cm³/mol. The molecule has 2 aromatic heterocycles. The highest BCUT2D eigenvalue weighted by Crippen LogP contribution is 2.27. The van der Waals surface area contributed by atoms with Gasteiger partial charge in [0.1, 0.15) is 30.5 Å². The number of para-hydroxylation sites is 2. The molecule has 53 heavy (non-hydrogen) atoms. The zero-order chi connectivity index (χ0) is 36.9. The third-order valence-corrected chi connectivity index (χ3v) is 9.20. The maximum absolute atomic E-state index is 10.6. The Morgan fingerprint density at radius 2 is 1.19 bits per heavy atom. The molecular weight excluding hydrogens is 681 g/mol. The van der Waals surface area contributed by atoms with Crippen molar-refractivity contribution in [1.82, 2.24) is 9.97 Å². The number of carboxylic acids is 1. The fraction of sp³-hybridized carbons (Fsp3) is 0.250. The number of unbranched alkanes of at least 4 members (excludes halogenated alkanes) is 1. The molecule has 0 fully saturated rings. The van der Waals surface area contributed by atoms with Gasteiger partial charge in [0.2, 0.25) is 0 Å². The second-order valence-electron chi connectivity index (χ2n) is 12.3. The number of pyridine rings is 1. The zero-order valence-electron chi connectivity index (χ0n) is 30.3. The number of carboxylic acid groups (broad SMARTS) is 1. The summed E-state index contributed by atoms with van der Waals surface area (Å²) in [6, 6.07) is 42.7. The molecule has 0 atom stereocenters. The molecule has 0 amide bonds. The van der Waals surface area contributed by atoms with Gasteiger partial charge < -0.3 is 24.4 Å². The Morgan fingerprint density at radius 1 is 0.642 bits per heavy atom. The molecule has 0 unspecified atom stereocenters. The standard InChI is InChI=1S/C23H26N2O.C21H22N2O3S/c1-2-3-9-20-13-15-22(16-14-20)26-19-18-25(21-10-5-4-6-11-21)23-12-7-8-17-24-23;24-20(25)8-4-5-17-9-11-19(12-10-17)26-15-14-23(21-22-13-16-27-21)18-6-2-1-3-7-18/h4-8,10-17H,2-3,9,18-19H2,1H3;1-3,6-7,9-13,16H,4-5,8,14-15H2,(H,24,25). The van der Waals surface area contributed by atoms with E-state index in [1.54, 1.807) is 17.5 Å². The van der Waals surface area contributed by atoms with E-state index in [-0.39, 0.29) is 6.42 Å². The summed E-state index contributed by atoms with van der Waals surface area (Å²) in [6.45, 7) is 4.78. The van der Waals surface area contributed by atoms with Gasteiger partial charge in [-0.1, -0.05) is 80.1 Å². The van der Waals surface area contributed by atoms with Gasteiger partial charge >= 0.3 is 5.97 Å². The first-order valence-electron chi connectivity index (χ1n) is 18.2. The minimum absolute atomic E-state index is 0.199. The second-order valence-corrected chi connectivity index (χ2v) is 13.2. The summed E-state index contributed by atoms with van der Waals surface area (Å²) in [7, 11) is 0. The van der Waals surface area contributed by atoms with Crippen molar-refractivity contribution in [2.45, 2.75) is 45.4 Å². The molecule has 8 nitrogen and oxygen atoms in total. The van der Waals surface area contributed by atoms with Crippen LogP contribution in [0.3, 0.4) is 0 Å². The van der Waals surface area contributed by atoms with E-state index < -0.39 is 5.97 Å². The van der Waals surface area contributed by atoms with Gasteiger partial charge in [0.15, 0.2) is 5.13 Å².